The van der Waals surface area contributed by atoms with E-state index in [1.165, 1.54) is 6.07 Å². The van der Waals surface area contributed by atoms with Crippen molar-refractivity contribution in [3.63, 3.8) is 0 Å². The average molecular weight is 345 g/mol. The van der Waals surface area contributed by atoms with Gasteiger partial charge in [-0.3, -0.25) is 14.9 Å². The van der Waals surface area contributed by atoms with Gasteiger partial charge in [0.15, 0.2) is 0 Å². The van der Waals surface area contributed by atoms with Crippen LogP contribution in [0.25, 0.3) is 0 Å². The lowest BCUT2D eigenvalue weighted by atomic mass is 9.78. The number of amides is 1. The highest BCUT2D eigenvalue weighted by Gasteiger charge is 2.52. The second-order valence-electron chi connectivity index (χ2n) is 6.96. The number of nitriles is 1. The molecule has 9 heteroatoms. The Morgan fingerprint density at radius 1 is 1.32 bits per heavy atom. The van der Waals surface area contributed by atoms with Crippen LogP contribution >= 0.6 is 0 Å². The summed E-state index contributed by atoms with van der Waals surface area (Å²) in [6.07, 6.45) is -0.379. The van der Waals surface area contributed by atoms with Crippen LogP contribution in [0.2, 0.25) is 0 Å². The van der Waals surface area contributed by atoms with Gasteiger partial charge in [0, 0.05) is 6.07 Å². The highest BCUT2D eigenvalue weighted by molar-refractivity contribution is 6.62. The molecule has 8 nitrogen and oxygen atoms in total. The first-order valence-corrected chi connectivity index (χ1v) is 7.80. The fourth-order valence-electron chi connectivity index (χ4n) is 2.47. The Kier molecular flexibility index (Phi) is 4.89. The number of aryl methyl sites for hydroxylation is 1. The molecule has 0 aliphatic carbocycles. The summed E-state index contributed by atoms with van der Waals surface area (Å²) in [7, 11) is -0.744. The molecule has 0 atom stereocenters. The summed E-state index contributed by atoms with van der Waals surface area (Å²) >= 11 is 0. The standard InChI is InChI=1S/C16H20BN3O5/c1-10-8-11(17-24-15(2,3)16(4,5)25-17)9-12(20(22)23)14(10)19-13(21)6-7-18/h8-9H,6H2,1-5H3,(H,19,21). The van der Waals surface area contributed by atoms with E-state index in [2.05, 4.69) is 5.32 Å². The summed E-state index contributed by atoms with van der Waals surface area (Å²) in [5.41, 5.74) is -0.340. The van der Waals surface area contributed by atoms with E-state index in [-0.39, 0.29) is 17.8 Å². The Labute approximate surface area is 146 Å². The van der Waals surface area contributed by atoms with Crippen molar-refractivity contribution in [1.82, 2.24) is 0 Å². The van der Waals surface area contributed by atoms with E-state index in [0.717, 1.165) is 0 Å². The minimum Gasteiger partial charge on any atom is -0.399 e. The fourth-order valence-corrected chi connectivity index (χ4v) is 2.47. The molecule has 1 N–H and O–H groups in total. The van der Waals surface area contributed by atoms with Crippen LogP contribution in [-0.2, 0) is 14.1 Å². The molecule has 25 heavy (non-hydrogen) atoms. The number of benzene rings is 1. The lowest BCUT2D eigenvalue weighted by Crippen LogP contribution is -2.41. The second kappa shape index (κ2) is 6.46. The number of nitro benzene ring substituents is 1. The van der Waals surface area contributed by atoms with Crippen molar-refractivity contribution in [3.8, 4) is 6.07 Å². The van der Waals surface area contributed by atoms with E-state index < -0.39 is 29.2 Å². The van der Waals surface area contributed by atoms with Crippen molar-refractivity contribution in [2.75, 3.05) is 5.32 Å². The Morgan fingerprint density at radius 3 is 2.36 bits per heavy atom. The van der Waals surface area contributed by atoms with Crippen molar-refractivity contribution in [2.45, 2.75) is 52.2 Å². The number of hydrogen-bond acceptors (Lipinski definition) is 6. The Hall–Kier alpha value is -2.44. The molecular formula is C16H20BN3O5. The third-order valence-electron chi connectivity index (χ3n) is 4.56. The average Bonchev–Trinajstić information content (AvgIpc) is 2.69. The number of nitrogens with zero attached hydrogens (tertiary/aromatic N) is 2. The summed E-state index contributed by atoms with van der Waals surface area (Å²) in [6, 6.07) is 4.72. The molecule has 0 aromatic heterocycles. The van der Waals surface area contributed by atoms with Crippen molar-refractivity contribution in [3.05, 3.63) is 27.8 Å². The van der Waals surface area contributed by atoms with E-state index in [0.29, 0.717) is 11.0 Å². The van der Waals surface area contributed by atoms with Gasteiger partial charge in [-0.25, -0.2) is 0 Å². The van der Waals surface area contributed by atoms with Crippen LogP contribution in [0, 0.1) is 28.4 Å². The molecule has 1 aliphatic rings. The maximum atomic E-state index is 11.6. The molecule has 132 valence electrons. The van der Waals surface area contributed by atoms with Crippen LogP contribution in [0.1, 0.15) is 39.7 Å². The zero-order valence-electron chi connectivity index (χ0n) is 14.9. The summed E-state index contributed by atoms with van der Waals surface area (Å²) in [4.78, 5) is 22.5. The molecule has 0 unspecified atom stereocenters. The molecule has 0 spiro atoms. The highest BCUT2D eigenvalue weighted by atomic mass is 16.7. The number of rotatable bonds is 4. The summed E-state index contributed by atoms with van der Waals surface area (Å²) < 4.78 is 11.8. The third-order valence-corrected chi connectivity index (χ3v) is 4.56. The van der Waals surface area contributed by atoms with Gasteiger partial charge in [-0.2, -0.15) is 5.26 Å². The van der Waals surface area contributed by atoms with Crippen LogP contribution in [0.3, 0.4) is 0 Å². The molecule has 0 bridgehead atoms. The fraction of sp³-hybridized carbons (Fsp3) is 0.500. The monoisotopic (exact) mass is 345 g/mol. The van der Waals surface area contributed by atoms with Crippen molar-refractivity contribution >= 4 is 29.9 Å². The Bertz CT molecular complexity index is 754. The van der Waals surface area contributed by atoms with Gasteiger partial charge in [0.05, 0.1) is 22.2 Å². The van der Waals surface area contributed by atoms with Gasteiger partial charge in [0.1, 0.15) is 12.1 Å². The predicted molar refractivity (Wildman–Crippen MR) is 92.4 cm³/mol. The first kappa shape index (κ1) is 18.9. The Balaban J connectivity index is 2.42. The summed E-state index contributed by atoms with van der Waals surface area (Å²) in [6.45, 7) is 9.22. The van der Waals surface area contributed by atoms with Gasteiger partial charge < -0.3 is 14.6 Å². The van der Waals surface area contributed by atoms with E-state index in [4.69, 9.17) is 14.6 Å². The molecule has 1 aromatic carbocycles. The molecule has 1 fully saturated rings. The van der Waals surface area contributed by atoms with Crippen LogP contribution in [0.4, 0.5) is 11.4 Å². The van der Waals surface area contributed by atoms with Crippen LogP contribution in [-0.4, -0.2) is 29.2 Å². The number of carbonyl (C=O) groups excluding carboxylic acids is 1. The van der Waals surface area contributed by atoms with Gasteiger partial charge >= 0.3 is 7.12 Å². The predicted octanol–water partition coefficient (Wildman–Crippen LogP) is 2.05. The normalized spacial score (nSPS) is 17.8. The summed E-state index contributed by atoms with van der Waals surface area (Å²) in [5, 5.41) is 22.4. The van der Waals surface area contributed by atoms with E-state index in [1.54, 1.807) is 19.1 Å². The van der Waals surface area contributed by atoms with Gasteiger partial charge in [-0.05, 0) is 45.6 Å². The zero-order valence-corrected chi connectivity index (χ0v) is 14.9. The van der Waals surface area contributed by atoms with Crippen LogP contribution in [0.15, 0.2) is 12.1 Å². The van der Waals surface area contributed by atoms with Gasteiger partial charge in [-0.1, -0.05) is 6.07 Å². The molecule has 0 radical (unpaired) electrons. The molecule has 0 saturated carbocycles. The molecule has 1 aliphatic heterocycles. The zero-order chi connectivity index (χ0) is 19.0. The maximum absolute atomic E-state index is 11.6. The first-order chi connectivity index (χ1) is 11.5. The first-order valence-electron chi connectivity index (χ1n) is 7.80. The highest BCUT2D eigenvalue weighted by Crippen LogP contribution is 2.37. The van der Waals surface area contributed by atoms with Gasteiger partial charge in [0.25, 0.3) is 5.69 Å². The van der Waals surface area contributed by atoms with Crippen LogP contribution < -0.4 is 10.8 Å². The van der Waals surface area contributed by atoms with Crippen LogP contribution in [0.5, 0.6) is 0 Å². The third kappa shape index (κ3) is 3.65. The number of carbonyl (C=O) groups is 1. The molecule has 1 saturated heterocycles. The molecule has 1 heterocycles. The van der Waals surface area contributed by atoms with E-state index in [1.807, 2.05) is 27.7 Å². The minimum absolute atomic E-state index is 0.0746. The lowest BCUT2D eigenvalue weighted by molar-refractivity contribution is -0.383. The number of hydrogen-bond donors (Lipinski definition) is 1. The molecule has 1 aromatic rings. The number of nitro groups is 1. The molecule has 2 rings (SSSR count). The topological polar surface area (TPSA) is 114 Å². The van der Waals surface area contributed by atoms with Gasteiger partial charge in [0.2, 0.25) is 5.91 Å². The van der Waals surface area contributed by atoms with Crippen molar-refractivity contribution < 1.29 is 19.0 Å². The largest absolute Gasteiger partial charge is 0.495 e. The SMILES string of the molecule is Cc1cc(B2OC(C)(C)C(C)(C)O2)cc([N+](=O)[O-])c1NC(=O)CC#N. The smallest absolute Gasteiger partial charge is 0.399 e. The van der Waals surface area contributed by atoms with Crippen molar-refractivity contribution in [2.24, 2.45) is 0 Å². The quantitative estimate of drug-likeness (QED) is 0.507. The summed E-state index contributed by atoms with van der Waals surface area (Å²) in [5.74, 6) is -0.600. The van der Waals surface area contributed by atoms with Crippen molar-refractivity contribution in [1.29, 1.82) is 5.26 Å². The van der Waals surface area contributed by atoms with Gasteiger partial charge in [-0.15, -0.1) is 0 Å². The second-order valence-corrected chi connectivity index (χ2v) is 6.96. The maximum Gasteiger partial charge on any atom is 0.495 e. The Morgan fingerprint density at radius 2 is 1.88 bits per heavy atom. The number of nitrogens with one attached hydrogen (secondary N) is 1. The lowest BCUT2D eigenvalue weighted by Gasteiger charge is -2.32. The van der Waals surface area contributed by atoms with E-state index in [9.17, 15) is 14.9 Å². The molecular weight excluding hydrogens is 325 g/mol. The minimum atomic E-state index is -0.744. The number of anilines is 1. The van der Waals surface area contributed by atoms with E-state index >= 15 is 0 Å². The molecule has 1 amide bonds.